The number of phenols is 1. The van der Waals surface area contributed by atoms with Crippen LogP contribution in [-0.4, -0.2) is 11.7 Å². The fraction of sp³-hybridized carbons (Fsp3) is 0.385. The standard InChI is InChI=1S/C13H18ClN3O/c1-2-3-4-10(7-8-15)16-17-11-5-6-13(18)12(14)9-11/h5-7,9,18H,2-4,8,15H2,1H3/b10-7+,17-16?. The number of hydrogen-bond acceptors (Lipinski definition) is 4. The summed E-state index contributed by atoms with van der Waals surface area (Å²) in [7, 11) is 0. The molecule has 4 nitrogen and oxygen atoms in total. The lowest BCUT2D eigenvalue weighted by atomic mass is 10.2. The van der Waals surface area contributed by atoms with E-state index in [1.807, 2.05) is 6.08 Å². The monoisotopic (exact) mass is 267 g/mol. The van der Waals surface area contributed by atoms with Crippen LogP contribution < -0.4 is 5.73 Å². The molecule has 18 heavy (non-hydrogen) atoms. The minimum Gasteiger partial charge on any atom is -0.506 e. The van der Waals surface area contributed by atoms with Crippen molar-refractivity contribution in [2.45, 2.75) is 26.2 Å². The number of aromatic hydroxyl groups is 1. The van der Waals surface area contributed by atoms with E-state index in [-0.39, 0.29) is 10.8 Å². The zero-order valence-corrected chi connectivity index (χ0v) is 11.2. The van der Waals surface area contributed by atoms with Crippen molar-refractivity contribution in [2.75, 3.05) is 6.54 Å². The van der Waals surface area contributed by atoms with Gasteiger partial charge in [-0.15, -0.1) is 0 Å². The number of allylic oxidation sites excluding steroid dienone is 1. The molecule has 0 aliphatic carbocycles. The average molecular weight is 268 g/mol. The number of nitrogens with two attached hydrogens (primary N) is 1. The van der Waals surface area contributed by atoms with Gasteiger partial charge in [-0.25, -0.2) is 0 Å². The van der Waals surface area contributed by atoms with Crippen LogP contribution in [0.15, 0.2) is 40.2 Å². The van der Waals surface area contributed by atoms with Crippen LogP contribution in [0.2, 0.25) is 5.02 Å². The van der Waals surface area contributed by atoms with Crippen LogP contribution in [-0.2, 0) is 0 Å². The number of rotatable bonds is 6. The van der Waals surface area contributed by atoms with E-state index in [0.29, 0.717) is 12.2 Å². The molecule has 0 aliphatic rings. The summed E-state index contributed by atoms with van der Waals surface area (Å²) in [5.74, 6) is 0.0410. The number of halogens is 1. The predicted molar refractivity (Wildman–Crippen MR) is 74.3 cm³/mol. The first kappa shape index (κ1) is 14.7. The minimum atomic E-state index is 0.0410. The topological polar surface area (TPSA) is 71.0 Å². The molecule has 0 spiro atoms. The van der Waals surface area contributed by atoms with E-state index in [1.165, 1.54) is 6.07 Å². The maximum Gasteiger partial charge on any atom is 0.134 e. The van der Waals surface area contributed by atoms with Crippen LogP contribution >= 0.6 is 11.6 Å². The molecular weight excluding hydrogens is 250 g/mol. The summed E-state index contributed by atoms with van der Waals surface area (Å²) in [5.41, 5.74) is 6.97. The lowest BCUT2D eigenvalue weighted by molar-refractivity contribution is 0.475. The van der Waals surface area contributed by atoms with Crippen LogP contribution in [0.25, 0.3) is 0 Å². The van der Waals surface area contributed by atoms with Crippen molar-refractivity contribution in [1.29, 1.82) is 0 Å². The summed E-state index contributed by atoms with van der Waals surface area (Å²) in [6.07, 6.45) is 4.88. The summed E-state index contributed by atoms with van der Waals surface area (Å²) in [5, 5.41) is 17.8. The number of nitrogens with zero attached hydrogens (tertiary/aromatic N) is 2. The Balaban J connectivity index is 2.75. The predicted octanol–water partition coefficient (Wildman–Crippen LogP) is 4.16. The highest BCUT2D eigenvalue weighted by atomic mass is 35.5. The molecule has 98 valence electrons. The van der Waals surface area contributed by atoms with Crippen molar-refractivity contribution in [2.24, 2.45) is 16.0 Å². The lowest BCUT2D eigenvalue weighted by Gasteiger charge is -2.00. The first-order chi connectivity index (χ1) is 8.67. The van der Waals surface area contributed by atoms with Crippen LogP contribution in [0.4, 0.5) is 5.69 Å². The van der Waals surface area contributed by atoms with Gasteiger partial charge in [0.2, 0.25) is 0 Å². The van der Waals surface area contributed by atoms with E-state index < -0.39 is 0 Å². The molecule has 0 saturated carbocycles. The molecule has 1 aromatic carbocycles. The fourth-order valence-corrected chi connectivity index (χ4v) is 1.54. The summed E-state index contributed by atoms with van der Waals surface area (Å²) in [4.78, 5) is 0. The zero-order chi connectivity index (χ0) is 13.4. The first-order valence-electron chi connectivity index (χ1n) is 5.96. The van der Waals surface area contributed by atoms with Gasteiger partial charge >= 0.3 is 0 Å². The van der Waals surface area contributed by atoms with E-state index in [0.717, 1.165) is 25.0 Å². The fourth-order valence-electron chi connectivity index (χ4n) is 1.37. The SMILES string of the molecule is CCCC/C(=C\CN)N=Nc1ccc(O)c(Cl)c1. The average Bonchev–Trinajstić information content (AvgIpc) is 2.37. The van der Waals surface area contributed by atoms with E-state index in [2.05, 4.69) is 17.2 Å². The van der Waals surface area contributed by atoms with Crippen molar-refractivity contribution < 1.29 is 5.11 Å². The highest BCUT2D eigenvalue weighted by Gasteiger charge is 1.99. The smallest absolute Gasteiger partial charge is 0.134 e. The van der Waals surface area contributed by atoms with Crippen molar-refractivity contribution in [3.8, 4) is 5.75 Å². The first-order valence-corrected chi connectivity index (χ1v) is 6.34. The van der Waals surface area contributed by atoms with Crippen LogP contribution in [0.3, 0.4) is 0 Å². The van der Waals surface area contributed by atoms with Gasteiger partial charge in [0.05, 0.1) is 16.4 Å². The second-order valence-corrected chi connectivity index (χ2v) is 4.28. The number of phenolic OH excluding ortho intramolecular Hbond substituents is 1. The number of unbranched alkanes of at least 4 members (excludes halogenated alkanes) is 1. The highest BCUT2D eigenvalue weighted by molar-refractivity contribution is 6.32. The van der Waals surface area contributed by atoms with Crippen LogP contribution in [0.1, 0.15) is 26.2 Å². The lowest BCUT2D eigenvalue weighted by Crippen LogP contribution is -1.95. The molecule has 5 heteroatoms. The molecule has 0 radical (unpaired) electrons. The van der Waals surface area contributed by atoms with Crippen molar-refractivity contribution in [1.82, 2.24) is 0 Å². The van der Waals surface area contributed by atoms with Crippen LogP contribution in [0.5, 0.6) is 5.75 Å². The second kappa shape index (κ2) is 7.84. The molecule has 0 unspecified atom stereocenters. The number of azo groups is 1. The largest absolute Gasteiger partial charge is 0.506 e. The molecule has 1 aromatic rings. The Morgan fingerprint density at radius 3 is 2.89 bits per heavy atom. The van der Waals surface area contributed by atoms with E-state index in [4.69, 9.17) is 17.3 Å². The van der Waals surface area contributed by atoms with Crippen molar-refractivity contribution in [3.05, 3.63) is 35.0 Å². The van der Waals surface area contributed by atoms with Gasteiger partial charge in [-0.05, 0) is 37.1 Å². The Morgan fingerprint density at radius 2 is 2.28 bits per heavy atom. The Labute approximate surface area is 112 Å². The van der Waals surface area contributed by atoms with E-state index in [9.17, 15) is 5.11 Å². The maximum atomic E-state index is 9.29. The Bertz CT molecular complexity index is 444. The molecule has 0 atom stereocenters. The van der Waals surface area contributed by atoms with E-state index in [1.54, 1.807) is 12.1 Å². The van der Waals surface area contributed by atoms with Crippen molar-refractivity contribution in [3.63, 3.8) is 0 Å². The molecule has 0 aliphatic heterocycles. The van der Waals surface area contributed by atoms with Gasteiger partial charge in [0, 0.05) is 6.54 Å². The molecule has 0 amide bonds. The second-order valence-electron chi connectivity index (χ2n) is 3.87. The molecule has 1 rings (SSSR count). The van der Waals surface area contributed by atoms with Gasteiger partial charge in [-0.3, -0.25) is 0 Å². The third-order valence-electron chi connectivity index (χ3n) is 2.37. The molecule has 3 N–H and O–H groups in total. The summed E-state index contributed by atoms with van der Waals surface area (Å²) < 4.78 is 0. The van der Waals surface area contributed by atoms with Gasteiger partial charge in [0.25, 0.3) is 0 Å². The third kappa shape index (κ3) is 4.85. The maximum absolute atomic E-state index is 9.29. The van der Waals surface area contributed by atoms with Gasteiger partial charge < -0.3 is 10.8 Å². The number of benzene rings is 1. The zero-order valence-electron chi connectivity index (χ0n) is 10.4. The Kier molecular flexibility index (Phi) is 6.39. The third-order valence-corrected chi connectivity index (χ3v) is 2.67. The summed E-state index contributed by atoms with van der Waals surface area (Å²) in [6, 6.07) is 4.72. The summed E-state index contributed by atoms with van der Waals surface area (Å²) >= 11 is 5.79. The Morgan fingerprint density at radius 1 is 1.50 bits per heavy atom. The van der Waals surface area contributed by atoms with Gasteiger partial charge in [0.15, 0.2) is 0 Å². The normalized spacial score (nSPS) is 12.3. The van der Waals surface area contributed by atoms with Crippen LogP contribution in [0, 0.1) is 0 Å². The molecule has 0 heterocycles. The molecular formula is C13H18ClN3O. The molecule has 0 bridgehead atoms. The quantitative estimate of drug-likeness (QED) is 0.760. The van der Waals surface area contributed by atoms with E-state index >= 15 is 0 Å². The summed E-state index contributed by atoms with van der Waals surface area (Å²) in [6.45, 7) is 2.57. The van der Waals surface area contributed by atoms with Gasteiger partial charge in [-0.2, -0.15) is 10.2 Å². The minimum absolute atomic E-state index is 0.0410. The highest BCUT2D eigenvalue weighted by Crippen LogP contribution is 2.28. The molecule has 0 aromatic heterocycles. The number of hydrogen-bond donors (Lipinski definition) is 2. The molecule has 0 saturated heterocycles. The Hall–Kier alpha value is -1.39. The molecule has 0 fully saturated rings. The van der Waals surface area contributed by atoms with Gasteiger partial charge in [0.1, 0.15) is 5.75 Å². The van der Waals surface area contributed by atoms with Gasteiger partial charge in [-0.1, -0.05) is 24.9 Å². The van der Waals surface area contributed by atoms with Crippen molar-refractivity contribution >= 4 is 17.3 Å².